The van der Waals surface area contributed by atoms with Gasteiger partial charge in [0.25, 0.3) is 11.8 Å². The van der Waals surface area contributed by atoms with Gasteiger partial charge in [-0.25, -0.2) is 0 Å². The second-order valence-corrected chi connectivity index (χ2v) is 30.5. The first-order chi connectivity index (χ1) is 47.2. The molecule has 0 aromatic carbocycles. The Kier molecular flexibility index (Phi) is 24.0. The molecule has 8 aliphatic heterocycles. The number of allylic oxidation sites excluding steroid dienone is 1. The number of hydrogen-bond acceptors (Lipinski definition) is 27. The van der Waals surface area contributed by atoms with Crippen LogP contribution in [0.5, 0.6) is 0 Å². The smallest absolute Gasteiger partial charge is 0.303 e. The van der Waals surface area contributed by atoms with Crippen molar-refractivity contribution in [3.63, 3.8) is 0 Å². The molecule has 27 nitrogen and oxygen atoms in total. The molecule has 10 fully saturated rings. The topological polar surface area (TPSA) is 287 Å². The Bertz CT molecular complexity index is 2800. The highest BCUT2D eigenvalue weighted by atomic mass is 16.9. The molecule has 0 bridgehead atoms. The molecule has 0 amide bonds. The lowest BCUT2D eigenvalue weighted by molar-refractivity contribution is -0.447. The van der Waals surface area contributed by atoms with Crippen molar-refractivity contribution in [3.05, 3.63) is 23.5 Å². The predicted molar refractivity (Wildman–Crippen MR) is 345 cm³/mol. The van der Waals surface area contributed by atoms with Gasteiger partial charge in [-0.2, -0.15) is 0 Å². The van der Waals surface area contributed by atoms with Gasteiger partial charge in [0.1, 0.15) is 42.7 Å². The van der Waals surface area contributed by atoms with Crippen molar-refractivity contribution in [2.45, 2.75) is 343 Å². The van der Waals surface area contributed by atoms with Crippen molar-refractivity contribution in [3.8, 4) is 0 Å². The van der Waals surface area contributed by atoms with Crippen molar-refractivity contribution < 1.29 is 129 Å². The van der Waals surface area contributed by atoms with Gasteiger partial charge in [0, 0.05) is 73.6 Å². The van der Waals surface area contributed by atoms with E-state index in [-0.39, 0.29) is 54.2 Å². The first kappa shape index (κ1) is 76.2. The number of methoxy groups -OCH3 is 6. The summed E-state index contributed by atoms with van der Waals surface area (Å²) in [6.07, 6.45) is -5.20. The lowest BCUT2D eigenvalue weighted by Crippen LogP contribution is -2.62. The third kappa shape index (κ3) is 15.1. The molecule has 7 saturated heterocycles. The molecule has 12 aliphatic rings. The second kappa shape index (κ2) is 31.1. The largest absolute Gasteiger partial charge is 0.493 e. The minimum Gasteiger partial charge on any atom is -0.493 e. The van der Waals surface area contributed by atoms with E-state index in [1.165, 1.54) is 26.7 Å². The molecule has 99 heavy (non-hydrogen) atoms. The summed E-state index contributed by atoms with van der Waals surface area (Å²) in [6, 6.07) is 0. The molecule has 0 radical (unpaired) electrons. The molecule has 0 aromatic heterocycles. The van der Waals surface area contributed by atoms with Crippen LogP contribution in [0.25, 0.3) is 0 Å². The van der Waals surface area contributed by atoms with Crippen LogP contribution < -0.4 is 0 Å². The fourth-order valence-electron chi connectivity index (χ4n) is 19.4. The minimum atomic E-state index is -1.56. The summed E-state index contributed by atoms with van der Waals surface area (Å²) in [5.74, 6) is -0.886. The Hall–Kier alpha value is -2.50. The fourth-order valence-corrected chi connectivity index (χ4v) is 19.4. The third-order valence-corrected chi connectivity index (χ3v) is 24.8. The van der Waals surface area contributed by atoms with Gasteiger partial charge >= 0.3 is 5.97 Å². The zero-order valence-corrected chi connectivity index (χ0v) is 61.1. The van der Waals surface area contributed by atoms with Crippen LogP contribution >= 0.6 is 0 Å². The van der Waals surface area contributed by atoms with Gasteiger partial charge in [0.2, 0.25) is 6.29 Å². The number of rotatable bonds is 20. The Morgan fingerprint density at radius 3 is 1.79 bits per heavy atom. The molecule has 564 valence electrons. The first-order valence-corrected chi connectivity index (χ1v) is 36.4. The number of esters is 1. The van der Waals surface area contributed by atoms with E-state index in [1.807, 2.05) is 48.5 Å². The van der Waals surface area contributed by atoms with E-state index in [1.54, 1.807) is 41.4 Å². The highest BCUT2D eigenvalue weighted by molar-refractivity contribution is 5.96. The average molecular weight is 1410 g/mol. The Labute approximate surface area is 583 Å². The predicted octanol–water partition coefficient (Wildman–Crippen LogP) is 6.73. The van der Waals surface area contributed by atoms with Gasteiger partial charge in [-0.3, -0.25) is 9.59 Å². The maximum atomic E-state index is 13.1. The molecule has 35 atom stereocenters. The Balaban J connectivity index is 0.607. The van der Waals surface area contributed by atoms with Crippen LogP contribution in [0.3, 0.4) is 0 Å². The molecule has 0 unspecified atom stereocenters. The average Bonchev–Trinajstić information content (AvgIpc) is 1.61. The van der Waals surface area contributed by atoms with E-state index < -0.39 is 177 Å². The highest BCUT2D eigenvalue weighted by Crippen LogP contribution is 2.68. The van der Waals surface area contributed by atoms with Crippen molar-refractivity contribution >= 4 is 11.8 Å². The van der Waals surface area contributed by atoms with Crippen LogP contribution in [0, 0.1) is 28.6 Å². The molecule has 2 N–H and O–H groups in total. The molecule has 3 saturated carbocycles. The maximum absolute atomic E-state index is 13.1. The molecular formula is C72H114O27. The molecule has 12 rings (SSSR count). The van der Waals surface area contributed by atoms with Gasteiger partial charge in [0.15, 0.2) is 50.1 Å². The minimum absolute atomic E-state index is 0.0143. The summed E-state index contributed by atoms with van der Waals surface area (Å²) in [5, 5.41) is 23.8. The standard InChI is InChI=1S/C72H114O27/c1-34-26-48(77-12)59(75)67(85-34)93-44-20-23-69(10)43(27-44)18-19-45-46(69)21-24-70(11)47(45)22-25-71(70,76)41(8)91-54-31-52-64(39(6)89-54)99-72(84-33-83-52)32-53(81-16)63(40(7)98-72)96-57-29-50(79-14)61(37(4)87-57)94-55-28-49(78-13)60(36(3)86-55)95-56-30-51(80-15)62(38(5)88-56)97-68-66(92-42(9)73)65(82-17)58(74)35(2)90-68/h18,26,34-41,44-47,49-58,60-68,74,76H,19-25,27-33H2,1-17H3/t34-,35-,36-,37-,38-,39-,40-,41+,44+,45-,46+,47+,49+,50+,51+,52-,53-,54+,55+,56+,57+,58+,60-,61-,62-,63-,64-,65+,66-,67+,68+,69+,70+,71+,72-/m1/s1. The van der Waals surface area contributed by atoms with Crippen molar-refractivity contribution in [1.29, 1.82) is 0 Å². The monoisotopic (exact) mass is 1410 g/mol. The second-order valence-electron chi connectivity index (χ2n) is 30.5. The van der Waals surface area contributed by atoms with Crippen LogP contribution in [-0.2, 0) is 119 Å². The van der Waals surface area contributed by atoms with Crippen molar-refractivity contribution in [2.75, 3.05) is 49.5 Å². The van der Waals surface area contributed by atoms with E-state index in [0.29, 0.717) is 43.4 Å². The summed E-state index contributed by atoms with van der Waals surface area (Å²) in [4.78, 5) is 25.2. The maximum Gasteiger partial charge on any atom is 0.303 e. The van der Waals surface area contributed by atoms with Gasteiger partial charge in [-0.15, -0.1) is 0 Å². The number of hydrogen-bond donors (Lipinski definition) is 2. The first-order valence-electron chi connectivity index (χ1n) is 36.4. The SMILES string of the molecule is COC1=C[C@@H](C)O[C@@H](O[C@H]2CC[C@@]3(C)C(=CC[C@@H]4[C@@H]3CC[C@@]3(C)[C@H]4CC[C@]3(O)[C@H](C)O[C@H]3C[C@H]4OCO[C@@]5(C[C@@H](OC)[C@H](O[C@H]6C[C@H](OC)[C@H](O[C@H]7C[C@H](OC)[C@H](O[C@H]8C[C@H](OC)[C@H](O[C@@H]9O[C@H](C)[C@H](O)[C@H](OC)[C@H]9OC(C)=O)[C@@H](C)O8)[C@@H](C)O7)[C@@H](C)O6)[C@@H](C)O5)O[C@@H]4[C@@H](C)O3)C2)C1=O. The van der Waals surface area contributed by atoms with E-state index in [9.17, 15) is 19.8 Å². The number of ketones is 1. The number of carbonyl (C=O) groups is 2. The molecule has 27 heteroatoms. The number of aliphatic hydroxyl groups excluding tert-OH is 1. The quantitative estimate of drug-likeness (QED) is 0.0943. The van der Waals surface area contributed by atoms with E-state index in [0.717, 1.165) is 44.9 Å². The van der Waals surface area contributed by atoms with E-state index in [2.05, 4.69) is 19.9 Å². The normalized spacial score (nSPS) is 50.6. The number of carbonyl (C=O) groups excluding carboxylic acids is 2. The van der Waals surface area contributed by atoms with Crippen LogP contribution in [0.1, 0.15) is 160 Å². The number of aliphatic hydroxyl groups is 2. The summed E-state index contributed by atoms with van der Waals surface area (Å²) in [5.41, 5.74) is -0.0154. The Morgan fingerprint density at radius 2 is 1.20 bits per heavy atom. The van der Waals surface area contributed by atoms with Crippen LogP contribution in [0.4, 0.5) is 0 Å². The summed E-state index contributed by atoms with van der Waals surface area (Å²) in [7, 11) is 9.39. The summed E-state index contributed by atoms with van der Waals surface area (Å²) < 4.78 is 145. The van der Waals surface area contributed by atoms with Crippen molar-refractivity contribution in [1.82, 2.24) is 0 Å². The number of ether oxygens (including phenoxy) is 23. The molecule has 8 heterocycles. The molecule has 1 spiro atoms. The summed E-state index contributed by atoms with van der Waals surface area (Å²) >= 11 is 0. The van der Waals surface area contributed by atoms with Crippen LogP contribution in [-0.4, -0.2) is 255 Å². The lowest BCUT2D eigenvalue weighted by atomic mass is 9.46. The number of fused-ring (bicyclic) bond motifs is 6. The van der Waals surface area contributed by atoms with E-state index >= 15 is 0 Å². The zero-order chi connectivity index (χ0) is 70.8. The lowest BCUT2D eigenvalue weighted by Gasteiger charge is -2.59. The van der Waals surface area contributed by atoms with Gasteiger partial charge in [0.05, 0.1) is 105 Å². The molecule has 0 aromatic rings. The van der Waals surface area contributed by atoms with Gasteiger partial charge in [-0.05, 0) is 136 Å². The zero-order valence-electron chi connectivity index (χ0n) is 61.1. The van der Waals surface area contributed by atoms with E-state index in [4.69, 9.17) is 109 Å². The summed E-state index contributed by atoms with van der Waals surface area (Å²) in [6.45, 7) is 21.0. The Morgan fingerprint density at radius 1 is 0.616 bits per heavy atom. The van der Waals surface area contributed by atoms with Crippen LogP contribution in [0.15, 0.2) is 23.5 Å². The molecule has 4 aliphatic carbocycles. The van der Waals surface area contributed by atoms with Crippen LogP contribution in [0.2, 0.25) is 0 Å². The highest BCUT2D eigenvalue weighted by Gasteiger charge is 2.67. The van der Waals surface area contributed by atoms with Gasteiger partial charge < -0.3 is 119 Å². The van der Waals surface area contributed by atoms with Crippen molar-refractivity contribution in [2.24, 2.45) is 28.6 Å². The van der Waals surface area contributed by atoms with Gasteiger partial charge in [-0.1, -0.05) is 25.5 Å². The fraction of sp³-hybridized carbons (Fsp3) is 0.917. The third-order valence-electron chi connectivity index (χ3n) is 24.8. The number of Topliss-reactive ketones (excluding diaryl/α,β-unsaturated/α-hetero) is 1. The molecular weight excluding hydrogens is 1300 g/mol.